The molecule has 2 fully saturated rings. The van der Waals surface area contributed by atoms with E-state index in [1.165, 1.54) is 8.61 Å². The lowest BCUT2D eigenvalue weighted by atomic mass is 10.1. The number of nitrogens with two attached hydrogens (primary N) is 1. The summed E-state index contributed by atoms with van der Waals surface area (Å²) >= 11 is 0. The number of benzene rings is 1. The van der Waals surface area contributed by atoms with Gasteiger partial charge < -0.3 is 15.4 Å². The summed E-state index contributed by atoms with van der Waals surface area (Å²) in [5.74, 6) is -0.120. The molecule has 0 radical (unpaired) electrons. The van der Waals surface area contributed by atoms with Crippen molar-refractivity contribution in [1.82, 2.24) is 13.5 Å². The monoisotopic (exact) mass is 354 g/mol. The zero-order chi connectivity index (χ0) is 17.2. The van der Waals surface area contributed by atoms with Crippen molar-refractivity contribution in [3.63, 3.8) is 0 Å². The molecule has 1 aromatic rings. The fourth-order valence-electron chi connectivity index (χ4n) is 2.92. The first-order valence-electron chi connectivity index (χ1n) is 7.96. The van der Waals surface area contributed by atoms with Crippen molar-refractivity contribution in [3.05, 3.63) is 29.8 Å². The molecule has 0 aromatic heterocycles. The molecule has 0 bridgehead atoms. The molecule has 9 heteroatoms. The molecular weight excluding hydrogens is 332 g/mol. The molecule has 1 aromatic carbocycles. The van der Waals surface area contributed by atoms with Gasteiger partial charge in [-0.1, -0.05) is 6.07 Å². The normalized spacial score (nSPS) is 20.9. The van der Waals surface area contributed by atoms with Crippen LogP contribution in [-0.4, -0.2) is 80.3 Å². The van der Waals surface area contributed by atoms with E-state index in [9.17, 15) is 13.2 Å². The van der Waals surface area contributed by atoms with Crippen LogP contribution in [0.5, 0.6) is 0 Å². The maximum absolute atomic E-state index is 12.6. The summed E-state index contributed by atoms with van der Waals surface area (Å²) in [7, 11) is -3.48. The Bertz CT molecular complexity index is 695. The van der Waals surface area contributed by atoms with Crippen molar-refractivity contribution in [2.24, 2.45) is 0 Å². The highest BCUT2D eigenvalue weighted by Gasteiger charge is 2.34. The molecular formula is C15H22N4O4S. The minimum absolute atomic E-state index is 0.120. The van der Waals surface area contributed by atoms with Crippen LogP contribution >= 0.6 is 0 Å². The molecule has 2 N–H and O–H groups in total. The smallest absolute Gasteiger partial charge is 0.282 e. The molecule has 132 valence electrons. The Labute approximate surface area is 141 Å². The molecule has 8 nitrogen and oxygen atoms in total. The Kier molecular flexibility index (Phi) is 5.04. The number of rotatable bonds is 3. The van der Waals surface area contributed by atoms with Gasteiger partial charge in [0.15, 0.2) is 0 Å². The summed E-state index contributed by atoms with van der Waals surface area (Å²) in [5, 5.41) is 0. The first-order chi connectivity index (χ1) is 11.5. The Morgan fingerprint density at radius 1 is 1.00 bits per heavy atom. The number of anilines is 1. The number of carbonyl (C=O) groups is 1. The summed E-state index contributed by atoms with van der Waals surface area (Å²) < 4.78 is 33.3. The van der Waals surface area contributed by atoms with Gasteiger partial charge in [-0.05, 0) is 18.2 Å². The molecule has 2 aliphatic heterocycles. The molecule has 0 aliphatic carbocycles. The van der Waals surface area contributed by atoms with E-state index in [1.54, 1.807) is 29.2 Å². The fraction of sp³-hybridized carbons (Fsp3) is 0.533. The number of hydrogen-bond acceptors (Lipinski definition) is 5. The van der Waals surface area contributed by atoms with Crippen molar-refractivity contribution in [1.29, 1.82) is 0 Å². The number of carbonyl (C=O) groups excluding carboxylic acids is 1. The van der Waals surface area contributed by atoms with E-state index in [1.807, 2.05) is 0 Å². The van der Waals surface area contributed by atoms with Crippen LogP contribution in [0.15, 0.2) is 24.3 Å². The largest absolute Gasteiger partial charge is 0.399 e. The van der Waals surface area contributed by atoms with Crippen molar-refractivity contribution in [2.75, 3.05) is 58.2 Å². The lowest BCUT2D eigenvalue weighted by Crippen LogP contribution is -2.55. The van der Waals surface area contributed by atoms with Gasteiger partial charge in [0.05, 0.1) is 13.2 Å². The van der Waals surface area contributed by atoms with Gasteiger partial charge in [0.25, 0.3) is 16.1 Å². The standard InChI is InChI=1S/C15H22N4O4S/c16-14-3-1-2-13(12-14)15(20)17-4-6-18(7-5-17)24(21,22)19-8-10-23-11-9-19/h1-3,12H,4-11,16H2. The molecule has 1 amide bonds. The van der Waals surface area contributed by atoms with Gasteiger partial charge >= 0.3 is 0 Å². The fourth-order valence-corrected chi connectivity index (χ4v) is 4.48. The van der Waals surface area contributed by atoms with Crippen molar-refractivity contribution >= 4 is 21.8 Å². The zero-order valence-corrected chi connectivity index (χ0v) is 14.2. The zero-order valence-electron chi connectivity index (χ0n) is 13.4. The predicted octanol–water partition coefficient (Wildman–Crippen LogP) is -0.396. The van der Waals surface area contributed by atoms with Crippen LogP contribution in [0, 0.1) is 0 Å². The minimum Gasteiger partial charge on any atom is -0.399 e. The number of morpholine rings is 1. The molecule has 3 rings (SSSR count). The van der Waals surface area contributed by atoms with E-state index in [2.05, 4.69) is 0 Å². The second kappa shape index (κ2) is 7.06. The second-order valence-electron chi connectivity index (χ2n) is 5.84. The molecule has 2 saturated heterocycles. The van der Waals surface area contributed by atoms with Crippen LogP contribution in [0.4, 0.5) is 5.69 Å². The lowest BCUT2D eigenvalue weighted by molar-refractivity contribution is 0.0636. The molecule has 2 aliphatic rings. The lowest BCUT2D eigenvalue weighted by Gasteiger charge is -2.37. The van der Waals surface area contributed by atoms with Gasteiger partial charge in [0.1, 0.15) is 0 Å². The maximum Gasteiger partial charge on any atom is 0.282 e. The van der Waals surface area contributed by atoms with E-state index >= 15 is 0 Å². The molecule has 0 spiro atoms. The number of nitrogen functional groups attached to an aromatic ring is 1. The second-order valence-corrected chi connectivity index (χ2v) is 7.76. The Hall–Kier alpha value is -1.68. The van der Waals surface area contributed by atoms with Crippen LogP contribution in [0.3, 0.4) is 0 Å². The van der Waals surface area contributed by atoms with Gasteiger partial charge in [-0.3, -0.25) is 4.79 Å². The van der Waals surface area contributed by atoms with Gasteiger partial charge in [0, 0.05) is 50.5 Å². The van der Waals surface area contributed by atoms with Gasteiger partial charge in [0.2, 0.25) is 0 Å². The van der Waals surface area contributed by atoms with E-state index in [-0.39, 0.29) is 5.91 Å². The minimum atomic E-state index is -3.48. The van der Waals surface area contributed by atoms with Gasteiger partial charge in [-0.25, -0.2) is 0 Å². The van der Waals surface area contributed by atoms with E-state index in [4.69, 9.17) is 10.5 Å². The van der Waals surface area contributed by atoms with E-state index in [0.29, 0.717) is 63.7 Å². The third-order valence-electron chi connectivity index (χ3n) is 4.28. The van der Waals surface area contributed by atoms with Crippen LogP contribution < -0.4 is 5.73 Å². The van der Waals surface area contributed by atoms with Crippen molar-refractivity contribution < 1.29 is 17.9 Å². The highest BCUT2D eigenvalue weighted by atomic mass is 32.2. The molecule has 0 unspecified atom stereocenters. The summed E-state index contributed by atoms with van der Waals surface area (Å²) in [6.45, 7) is 2.95. The molecule has 0 atom stereocenters. The maximum atomic E-state index is 12.6. The van der Waals surface area contributed by atoms with Gasteiger partial charge in [-0.15, -0.1) is 0 Å². The third kappa shape index (κ3) is 3.54. The topological polar surface area (TPSA) is 96.2 Å². The number of nitrogens with zero attached hydrogens (tertiary/aromatic N) is 3. The first-order valence-corrected chi connectivity index (χ1v) is 9.36. The Morgan fingerprint density at radius 3 is 2.25 bits per heavy atom. The number of ether oxygens (including phenoxy) is 1. The predicted molar refractivity (Wildman–Crippen MR) is 89.6 cm³/mol. The molecule has 0 saturated carbocycles. The Balaban J connectivity index is 1.62. The number of piperazine rings is 1. The Morgan fingerprint density at radius 2 is 1.62 bits per heavy atom. The van der Waals surface area contributed by atoms with Gasteiger partial charge in [-0.2, -0.15) is 17.0 Å². The quantitative estimate of drug-likeness (QED) is 0.746. The highest BCUT2D eigenvalue weighted by Crippen LogP contribution is 2.16. The van der Waals surface area contributed by atoms with Crippen LogP contribution in [0.25, 0.3) is 0 Å². The average molecular weight is 354 g/mol. The molecule has 24 heavy (non-hydrogen) atoms. The van der Waals surface area contributed by atoms with Crippen LogP contribution in [-0.2, 0) is 14.9 Å². The number of amides is 1. The first kappa shape index (κ1) is 17.2. The van der Waals surface area contributed by atoms with E-state index < -0.39 is 10.2 Å². The summed E-state index contributed by atoms with van der Waals surface area (Å²) in [6.07, 6.45) is 0. The number of hydrogen-bond donors (Lipinski definition) is 1. The molecule has 2 heterocycles. The van der Waals surface area contributed by atoms with Crippen molar-refractivity contribution in [3.8, 4) is 0 Å². The highest BCUT2D eigenvalue weighted by molar-refractivity contribution is 7.86. The van der Waals surface area contributed by atoms with E-state index in [0.717, 1.165) is 0 Å². The average Bonchev–Trinajstić information content (AvgIpc) is 2.62. The summed E-state index contributed by atoms with van der Waals surface area (Å²) in [5.41, 5.74) is 6.78. The van der Waals surface area contributed by atoms with Crippen LogP contribution in [0.2, 0.25) is 0 Å². The summed E-state index contributed by atoms with van der Waals surface area (Å²) in [6, 6.07) is 6.82. The van der Waals surface area contributed by atoms with Crippen LogP contribution in [0.1, 0.15) is 10.4 Å². The third-order valence-corrected chi connectivity index (χ3v) is 6.32. The SMILES string of the molecule is Nc1cccc(C(=O)N2CCN(S(=O)(=O)N3CCOCC3)CC2)c1. The summed E-state index contributed by atoms with van der Waals surface area (Å²) in [4.78, 5) is 14.2. The van der Waals surface area contributed by atoms with Crippen molar-refractivity contribution in [2.45, 2.75) is 0 Å².